The number of ether oxygens (including phenoxy) is 1. The Bertz CT molecular complexity index is 1170. The second kappa shape index (κ2) is 10.5. The first kappa shape index (κ1) is 25.4. The number of aromatic nitrogens is 3. The molecule has 2 aromatic heterocycles. The molecule has 0 aliphatic carbocycles. The van der Waals surface area contributed by atoms with Crippen LogP contribution in [0.3, 0.4) is 0 Å². The minimum atomic E-state index is -0.542. The fourth-order valence-corrected chi connectivity index (χ4v) is 4.57. The maximum Gasteiger partial charge on any atom is 0.163 e. The summed E-state index contributed by atoms with van der Waals surface area (Å²) in [5.74, 6) is 2.53. The number of hydrogen-bond donors (Lipinski definition) is 3. The number of hydrogen-bond acceptors (Lipinski definition) is 9. The molecule has 0 radical (unpaired) electrons. The first-order valence-electron chi connectivity index (χ1n) is 11.7. The van der Waals surface area contributed by atoms with E-state index in [1.54, 1.807) is 6.07 Å². The lowest BCUT2D eigenvalue weighted by Crippen LogP contribution is -2.61. The Hall–Kier alpha value is -2.72. The normalized spacial score (nSPS) is 14.8. The molecule has 1 aromatic carbocycles. The van der Waals surface area contributed by atoms with E-state index in [0.717, 1.165) is 35.6 Å². The first-order chi connectivity index (χ1) is 16.8. The van der Waals surface area contributed by atoms with E-state index in [9.17, 15) is 10.2 Å². The number of benzene rings is 1. The van der Waals surface area contributed by atoms with Gasteiger partial charge in [-0.3, -0.25) is 0 Å². The van der Waals surface area contributed by atoms with Crippen molar-refractivity contribution in [3.63, 3.8) is 0 Å². The summed E-state index contributed by atoms with van der Waals surface area (Å²) in [6.45, 7) is 7.93. The van der Waals surface area contributed by atoms with Gasteiger partial charge in [-0.15, -0.1) is 0 Å². The molecule has 0 unspecified atom stereocenters. The molecule has 1 fully saturated rings. The molecule has 9 nitrogen and oxygen atoms in total. The molecule has 1 saturated heterocycles. The smallest absolute Gasteiger partial charge is 0.163 e. The zero-order valence-electron chi connectivity index (χ0n) is 20.6. The highest BCUT2D eigenvalue weighted by Gasteiger charge is 2.43. The summed E-state index contributed by atoms with van der Waals surface area (Å²) in [5, 5.41) is 27.3. The SMILES string of the molecule is CNCCCOc1ccc(Cl)c(-c2nc(-c3c(C)noc3C)c(C)c(N3CC(CO)(CO)C3)n2)c1. The van der Waals surface area contributed by atoms with E-state index in [2.05, 4.69) is 10.5 Å². The van der Waals surface area contributed by atoms with Crippen molar-refractivity contribution >= 4 is 17.4 Å². The van der Waals surface area contributed by atoms with E-state index in [-0.39, 0.29) is 13.2 Å². The molecule has 4 rings (SSSR count). The molecular formula is C25H32ClN5O4. The molecule has 10 heteroatoms. The van der Waals surface area contributed by atoms with Gasteiger partial charge in [0.05, 0.1) is 47.2 Å². The lowest BCUT2D eigenvalue weighted by atomic mass is 9.81. The van der Waals surface area contributed by atoms with Crippen molar-refractivity contribution < 1.29 is 19.5 Å². The van der Waals surface area contributed by atoms with Gasteiger partial charge in [-0.2, -0.15) is 0 Å². The molecule has 1 aliphatic heterocycles. The third-order valence-corrected chi connectivity index (χ3v) is 6.76. The van der Waals surface area contributed by atoms with E-state index >= 15 is 0 Å². The molecule has 1 aliphatic rings. The third-order valence-electron chi connectivity index (χ3n) is 6.43. The number of halogens is 1. The van der Waals surface area contributed by atoms with Gasteiger partial charge in [0.25, 0.3) is 0 Å². The monoisotopic (exact) mass is 501 g/mol. The average molecular weight is 502 g/mol. The minimum Gasteiger partial charge on any atom is -0.494 e. The number of aryl methyl sites for hydroxylation is 2. The van der Waals surface area contributed by atoms with Gasteiger partial charge in [0, 0.05) is 24.2 Å². The predicted octanol–water partition coefficient (Wildman–Crippen LogP) is 3.16. The number of aliphatic hydroxyl groups excluding tert-OH is 2. The van der Waals surface area contributed by atoms with Crippen LogP contribution >= 0.6 is 11.6 Å². The van der Waals surface area contributed by atoms with E-state index in [0.29, 0.717) is 53.3 Å². The molecular weight excluding hydrogens is 470 g/mol. The summed E-state index contributed by atoms with van der Waals surface area (Å²) in [6.07, 6.45) is 0.877. The molecule has 188 valence electrons. The largest absolute Gasteiger partial charge is 0.494 e. The standard InChI is InChI=1S/C25H32ClN5O4/c1-15-22(21-16(2)30-35-17(21)3)28-23(29-24(15)31-11-25(12-31,13-32)14-33)19-10-18(6-7-20(19)26)34-9-5-8-27-4/h6-7,10,27,32-33H,5,8-9,11-14H2,1-4H3. The highest BCUT2D eigenvalue weighted by atomic mass is 35.5. The number of nitrogens with one attached hydrogen (secondary N) is 1. The number of aliphatic hydroxyl groups is 2. The number of anilines is 1. The maximum atomic E-state index is 9.78. The summed E-state index contributed by atoms with van der Waals surface area (Å²) in [7, 11) is 1.91. The Labute approximate surface area is 210 Å². The lowest BCUT2D eigenvalue weighted by Gasteiger charge is -2.49. The van der Waals surface area contributed by atoms with Gasteiger partial charge in [-0.25, -0.2) is 9.97 Å². The van der Waals surface area contributed by atoms with Gasteiger partial charge >= 0.3 is 0 Å². The van der Waals surface area contributed by atoms with Gasteiger partial charge in [-0.1, -0.05) is 16.8 Å². The lowest BCUT2D eigenvalue weighted by molar-refractivity contribution is 0.0301. The van der Waals surface area contributed by atoms with E-state index in [1.807, 2.05) is 44.9 Å². The minimum absolute atomic E-state index is 0.0908. The average Bonchev–Trinajstić information content (AvgIpc) is 3.16. The van der Waals surface area contributed by atoms with E-state index < -0.39 is 5.41 Å². The van der Waals surface area contributed by atoms with Crippen molar-refractivity contribution in [3.8, 4) is 28.4 Å². The van der Waals surface area contributed by atoms with Crippen molar-refractivity contribution in [2.45, 2.75) is 27.2 Å². The predicted molar refractivity (Wildman–Crippen MR) is 135 cm³/mol. The van der Waals surface area contributed by atoms with E-state index in [4.69, 9.17) is 30.8 Å². The Balaban J connectivity index is 1.79. The Morgan fingerprint density at radius 3 is 2.54 bits per heavy atom. The molecule has 3 heterocycles. The molecule has 0 atom stereocenters. The fourth-order valence-electron chi connectivity index (χ4n) is 4.37. The Morgan fingerprint density at radius 1 is 1.17 bits per heavy atom. The summed E-state index contributed by atoms with van der Waals surface area (Å²) < 4.78 is 11.3. The zero-order valence-corrected chi connectivity index (χ0v) is 21.3. The van der Waals surface area contributed by atoms with Crippen LogP contribution in [0.15, 0.2) is 22.7 Å². The van der Waals surface area contributed by atoms with E-state index in [1.165, 1.54) is 0 Å². The number of rotatable bonds is 10. The van der Waals surface area contributed by atoms with Crippen LogP contribution in [0.4, 0.5) is 5.82 Å². The van der Waals surface area contributed by atoms with Gasteiger partial charge in [0.1, 0.15) is 17.3 Å². The Morgan fingerprint density at radius 2 is 1.91 bits per heavy atom. The van der Waals surface area contributed by atoms with Crippen molar-refractivity contribution in [3.05, 3.63) is 40.2 Å². The van der Waals surface area contributed by atoms with Crippen molar-refractivity contribution in [1.82, 2.24) is 20.4 Å². The fraction of sp³-hybridized carbons (Fsp3) is 0.480. The van der Waals surface area contributed by atoms with Crippen LogP contribution in [0, 0.1) is 26.2 Å². The molecule has 3 N–H and O–H groups in total. The van der Waals surface area contributed by atoms with Crippen LogP contribution in [0.5, 0.6) is 5.75 Å². The van der Waals surface area contributed by atoms with Crippen molar-refractivity contribution in [2.75, 3.05) is 51.4 Å². The van der Waals surface area contributed by atoms with Crippen LogP contribution in [0.25, 0.3) is 22.6 Å². The van der Waals surface area contributed by atoms with Crippen LogP contribution < -0.4 is 15.0 Å². The summed E-state index contributed by atoms with van der Waals surface area (Å²) in [5.41, 5.74) is 3.24. The molecule has 0 bridgehead atoms. The molecule has 0 amide bonds. The molecule has 3 aromatic rings. The van der Waals surface area contributed by atoms with Crippen LogP contribution in [-0.2, 0) is 0 Å². The highest BCUT2D eigenvalue weighted by Crippen LogP contribution is 2.40. The second-order valence-corrected chi connectivity index (χ2v) is 9.57. The maximum absolute atomic E-state index is 9.78. The van der Waals surface area contributed by atoms with Gasteiger partial charge in [0.2, 0.25) is 0 Å². The van der Waals surface area contributed by atoms with Crippen LogP contribution in [-0.4, -0.2) is 71.8 Å². The highest BCUT2D eigenvalue weighted by molar-refractivity contribution is 6.33. The van der Waals surface area contributed by atoms with Crippen LogP contribution in [0.2, 0.25) is 5.02 Å². The summed E-state index contributed by atoms with van der Waals surface area (Å²) in [6, 6.07) is 5.48. The summed E-state index contributed by atoms with van der Waals surface area (Å²) >= 11 is 6.61. The molecule has 0 saturated carbocycles. The first-order valence-corrected chi connectivity index (χ1v) is 12.1. The molecule has 35 heavy (non-hydrogen) atoms. The molecule has 0 spiro atoms. The third kappa shape index (κ3) is 4.99. The van der Waals surface area contributed by atoms with Gasteiger partial charge < -0.3 is 29.7 Å². The van der Waals surface area contributed by atoms with Crippen LogP contribution in [0.1, 0.15) is 23.4 Å². The van der Waals surface area contributed by atoms with Crippen molar-refractivity contribution in [1.29, 1.82) is 0 Å². The quantitative estimate of drug-likeness (QED) is 0.360. The number of nitrogens with zero attached hydrogens (tertiary/aromatic N) is 4. The van der Waals surface area contributed by atoms with Crippen molar-refractivity contribution in [2.24, 2.45) is 5.41 Å². The second-order valence-electron chi connectivity index (χ2n) is 9.16. The van der Waals surface area contributed by atoms with Gasteiger partial charge in [-0.05, 0) is 59.0 Å². The topological polar surface area (TPSA) is 117 Å². The zero-order chi connectivity index (χ0) is 25.2. The summed E-state index contributed by atoms with van der Waals surface area (Å²) in [4.78, 5) is 11.8. The Kier molecular flexibility index (Phi) is 7.61. The van der Waals surface area contributed by atoms with Gasteiger partial charge in [0.15, 0.2) is 5.82 Å².